The molecule has 2 aromatic heterocycles. The highest BCUT2D eigenvalue weighted by molar-refractivity contribution is 5.81. The van der Waals surface area contributed by atoms with Crippen LogP contribution in [0.15, 0.2) is 61.1 Å². The van der Waals surface area contributed by atoms with Gasteiger partial charge in [0.15, 0.2) is 0 Å². The van der Waals surface area contributed by atoms with Crippen LogP contribution in [0.1, 0.15) is 5.56 Å². The Hall–Kier alpha value is -2.42. The van der Waals surface area contributed by atoms with Crippen LogP contribution < -0.4 is 5.32 Å². The molecule has 3 heteroatoms. The third-order valence-electron chi connectivity index (χ3n) is 2.81. The van der Waals surface area contributed by atoms with Gasteiger partial charge < -0.3 is 5.32 Å². The van der Waals surface area contributed by atoms with E-state index in [1.54, 1.807) is 6.20 Å². The molecule has 3 rings (SSSR count). The van der Waals surface area contributed by atoms with Crippen LogP contribution in [-0.4, -0.2) is 9.97 Å². The highest BCUT2D eigenvalue weighted by Crippen LogP contribution is 2.16. The van der Waals surface area contributed by atoms with Crippen LogP contribution in [0.5, 0.6) is 0 Å². The van der Waals surface area contributed by atoms with Crippen LogP contribution >= 0.6 is 0 Å². The number of fused-ring (bicyclic) bond motifs is 1. The quantitative estimate of drug-likeness (QED) is 0.757. The van der Waals surface area contributed by atoms with Gasteiger partial charge in [-0.3, -0.25) is 9.97 Å². The van der Waals surface area contributed by atoms with Gasteiger partial charge in [0, 0.05) is 24.3 Å². The van der Waals surface area contributed by atoms with Gasteiger partial charge in [-0.15, -0.1) is 0 Å². The summed E-state index contributed by atoms with van der Waals surface area (Å²) < 4.78 is 0. The lowest BCUT2D eigenvalue weighted by Gasteiger charge is -2.06. The van der Waals surface area contributed by atoms with Gasteiger partial charge in [0.2, 0.25) is 0 Å². The molecule has 3 nitrogen and oxygen atoms in total. The van der Waals surface area contributed by atoms with Gasteiger partial charge in [-0.2, -0.15) is 0 Å². The number of para-hydroxylation sites is 1. The summed E-state index contributed by atoms with van der Waals surface area (Å²) >= 11 is 0. The Labute approximate surface area is 106 Å². The molecule has 0 spiro atoms. The standard InChI is InChI=1S/C15H13N3/c1-2-6-15-13(5-1)8-14(11-18-15)17-10-12-4-3-7-16-9-12/h1-9,11,17H,10H2. The highest BCUT2D eigenvalue weighted by atomic mass is 14.9. The van der Waals surface area contributed by atoms with Crippen molar-refractivity contribution in [1.29, 1.82) is 0 Å². The van der Waals surface area contributed by atoms with Crippen LogP contribution in [0.25, 0.3) is 10.9 Å². The summed E-state index contributed by atoms with van der Waals surface area (Å²) in [5.41, 5.74) is 3.20. The lowest BCUT2D eigenvalue weighted by Crippen LogP contribution is -1.99. The largest absolute Gasteiger partial charge is 0.380 e. The normalized spacial score (nSPS) is 10.4. The zero-order chi connectivity index (χ0) is 12.2. The van der Waals surface area contributed by atoms with Crippen molar-refractivity contribution in [3.63, 3.8) is 0 Å². The second kappa shape index (κ2) is 4.84. The van der Waals surface area contributed by atoms with Gasteiger partial charge in [0.05, 0.1) is 17.4 Å². The summed E-state index contributed by atoms with van der Waals surface area (Å²) in [5, 5.41) is 4.50. The van der Waals surface area contributed by atoms with Crippen LogP contribution in [-0.2, 0) is 6.54 Å². The second-order valence-corrected chi connectivity index (χ2v) is 4.13. The Morgan fingerprint density at radius 2 is 1.94 bits per heavy atom. The molecule has 1 N–H and O–H groups in total. The van der Waals surface area contributed by atoms with Crippen LogP contribution in [0.3, 0.4) is 0 Å². The summed E-state index contributed by atoms with van der Waals surface area (Å²) in [6.07, 6.45) is 5.50. The fourth-order valence-electron chi connectivity index (χ4n) is 1.87. The molecule has 0 saturated heterocycles. The lowest BCUT2D eigenvalue weighted by molar-refractivity contribution is 1.11. The Kier molecular flexibility index (Phi) is 2.88. The lowest BCUT2D eigenvalue weighted by atomic mass is 10.2. The predicted octanol–water partition coefficient (Wildman–Crippen LogP) is 3.24. The molecule has 0 bridgehead atoms. The maximum absolute atomic E-state index is 4.42. The topological polar surface area (TPSA) is 37.8 Å². The number of hydrogen-bond donors (Lipinski definition) is 1. The molecular weight excluding hydrogens is 222 g/mol. The SMILES string of the molecule is c1cncc(CNc2cnc3ccccc3c2)c1. The summed E-state index contributed by atoms with van der Waals surface area (Å²) in [5.74, 6) is 0. The molecule has 0 fully saturated rings. The molecular formula is C15H13N3. The van der Waals surface area contributed by atoms with E-state index in [-0.39, 0.29) is 0 Å². The number of rotatable bonds is 3. The maximum atomic E-state index is 4.42. The number of pyridine rings is 2. The van der Waals surface area contributed by atoms with Crippen molar-refractivity contribution in [2.24, 2.45) is 0 Å². The molecule has 0 aliphatic carbocycles. The third-order valence-corrected chi connectivity index (χ3v) is 2.81. The number of hydrogen-bond acceptors (Lipinski definition) is 3. The molecule has 0 unspecified atom stereocenters. The van der Waals surface area contributed by atoms with E-state index in [1.165, 1.54) is 0 Å². The van der Waals surface area contributed by atoms with Gasteiger partial charge in [-0.25, -0.2) is 0 Å². The minimum atomic E-state index is 0.758. The molecule has 3 aromatic rings. The fraction of sp³-hybridized carbons (Fsp3) is 0.0667. The summed E-state index contributed by atoms with van der Waals surface area (Å²) in [6.45, 7) is 0.758. The number of aromatic nitrogens is 2. The molecule has 0 aliphatic heterocycles. The van der Waals surface area contributed by atoms with Gasteiger partial charge >= 0.3 is 0 Å². The second-order valence-electron chi connectivity index (χ2n) is 4.13. The van der Waals surface area contributed by atoms with Crippen LogP contribution in [0.2, 0.25) is 0 Å². The number of nitrogens with zero attached hydrogens (tertiary/aromatic N) is 2. The van der Waals surface area contributed by atoms with Crippen molar-refractivity contribution in [3.8, 4) is 0 Å². The molecule has 18 heavy (non-hydrogen) atoms. The Balaban J connectivity index is 1.79. The number of nitrogens with one attached hydrogen (secondary N) is 1. The van der Waals surface area contributed by atoms with Gasteiger partial charge in [-0.05, 0) is 23.8 Å². The summed E-state index contributed by atoms with van der Waals surface area (Å²) in [7, 11) is 0. The molecule has 0 saturated carbocycles. The van der Waals surface area contributed by atoms with E-state index in [0.29, 0.717) is 0 Å². The molecule has 0 radical (unpaired) electrons. The smallest absolute Gasteiger partial charge is 0.0703 e. The van der Waals surface area contributed by atoms with E-state index in [2.05, 4.69) is 33.5 Å². The molecule has 2 heterocycles. The van der Waals surface area contributed by atoms with E-state index >= 15 is 0 Å². The van der Waals surface area contributed by atoms with Gasteiger partial charge in [0.25, 0.3) is 0 Å². The number of benzene rings is 1. The Morgan fingerprint density at radius 1 is 1.00 bits per heavy atom. The van der Waals surface area contributed by atoms with Gasteiger partial charge in [-0.1, -0.05) is 24.3 Å². The third kappa shape index (κ3) is 2.30. The fourth-order valence-corrected chi connectivity index (χ4v) is 1.87. The van der Waals surface area contributed by atoms with E-state index in [9.17, 15) is 0 Å². The molecule has 0 aliphatic rings. The van der Waals surface area contributed by atoms with Crippen molar-refractivity contribution < 1.29 is 0 Å². The summed E-state index contributed by atoms with van der Waals surface area (Å²) in [4.78, 5) is 8.51. The summed E-state index contributed by atoms with van der Waals surface area (Å²) in [6, 6.07) is 14.2. The minimum absolute atomic E-state index is 0.758. The Bertz CT molecular complexity index is 650. The predicted molar refractivity (Wildman–Crippen MR) is 73.3 cm³/mol. The van der Waals surface area contributed by atoms with E-state index in [4.69, 9.17) is 0 Å². The van der Waals surface area contributed by atoms with E-state index in [1.807, 2.05) is 36.7 Å². The number of anilines is 1. The van der Waals surface area contributed by atoms with Crippen molar-refractivity contribution >= 4 is 16.6 Å². The average molecular weight is 235 g/mol. The van der Waals surface area contributed by atoms with Crippen molar-refractivity contribution in [2.75, 3.05) is 5.32 Å². The van der Waals surface area contributed by atoms with Crippen LogP contribution in [0, 0.1) is 0 Å². The molecule has 0 atom stereocenters. The van der Waals surface area contributed by atoms with Gasteiger partial charge in [0.1, 0.15) is 0 Å². The zero-order valence-electron chi connectivity index (χ0n) is 9.88. The van der Waals surface area contributed by atoms with E-state index in [0.717, 1.165) is 28.7 Å². The Morgan fingerprint density at radius 3 is 2.83 bits per heavy atom. The first-order valence-corrected chi connectivity index (χ1v) is 5.89. The van der Waals surface area contributed by atoms with Crippen molar-refractivity contribution in [2.45, 2.75) is 6.54 Å². The monoisotopic (exact) mass is 235 g/mol. The van der Waals surface area contributed by atoms with E-state index < -0.39 is 0 Å². The van der Waals surface area contributed by atoms with Crippen molar-refractivity contribution in [3.05, 3.63) is 66.6 Å². The minimum Gasteiger partial charge on any atom is -0.380 e. The highest BCUT2D eigenvalue weighted by Gasteiger charge is 1.97. The molecule has 1 aromatic carbocycles. The van der Waals surface area contributed by atoms with Crippen molar-refractivity contribution in [1.82, 2.24) is 9.97 Å². The molecule has 0 amide bonds. The maximum Gasteiger partial charge on any atom is 0.0703 e. The zero-order valence-corrected chi connectivity index (χ0v) is 9.88. The first-order valence-electron chi connectivity index (χ1n) is 5.89. The molecule has 88 valence electrons. The average Bonchev–Trinajstić information content (AvgIpc) is 2.46. The first-order chi connectivity index (χ1) is 8.92. The first kappa shape index (κ1) is 10.7. The van der Waals surface area contributed by atoms with Crippen LogP contribution in [0.4, 0.5) is 5.69 Å².